The molecule has 0 heterocycles. The molecule has 11 nitrogen and oxygen atoms in total. The van der Waals surface area contributed by atoms with Crippen molar-refractivity contribution in [3.63, 3.8) is 0 Å². The molecular formula is C17H23N3O8. The van der Waals surface area contributed by atoms with Gasteiger partial charge in [0.1, 0.15) is 11.8 Å². The number of carboxylic acid groups (broad SMARTS) is 2. The van der Waals surface area contributed by atoms with Crippen LogP contribution in [-0.2, 0) is 16.0 Å². The van der Waals surface area contributed by atoms with Crippen molar-refractivity contribution in [2.24, 2.45) is 17.2 Å². The fourth-order valence-corrected chi connectivity index (χ4v) is 2.51. The third kappa shape index (κ3) is 5.33. The number of benzene rings is 1. The van der Waals surface area contributed by atoms with Crippen LogP contribution in [0, 0.1) is 0 Å². The fraction of sp³-hybridized carbons (Fsp3) is 0.412. The summed E-state index contributed by atoms with van der Waals surface area (Å²) in [5.74, 6) is -5.41. The average Bonchev–Trinajstić information content (AvgIpc) is 2.59. The van der Waals surface area contributed by atoms with Crippen LogP contribution in [0.15, 0.2) is 12.1 Å². The lowest BCUT2D eigenvalue weighted by atomic mass is 9.86. The second-order valence-corrected chi connectivity index (χ2v) is 6.34. The minimum atomic E-state index is -1.58. The van der Waals surface area contributed by atoms with Gasteiger partial charge in [-0.25, -0.2) is 0 Å². The van der Waals surface area contributed by atoms with Crippen LogP contribution in [0.4, 0.5) is 0 Å². The lowest BCUT2D eigenvalue weighted by Gasteiger charge is -2.21. The number of aliphatic hydroxyl groups is 1. The lowest BCUT2D eigenvalue weighted by molar-refractivity contribution is -0.139. The second kappa shape index (κ2) is 9.37. The Kier molecular flexibility index (Phi) is 7.76. The molecule has 1 rings (SSSR count). The van der Waals surface area contributed by atoms with Crippen LogP contribution >= 0.6 is 0 Å². The van der Waals surface area contributed by atoms with E-state index in [4.69, 9.17) is 27.4 Å². The van der Waals surface area contributed by atoms with Gasteiger partial charge in [-0.1, -0.05) is 6.07 Å². The molecule has 4 atom stereocenters. The number of aliphatic carboxylic acids is 2. The number of aliphatic hydroxyl groups excluding tert-OH is 1. The predicted octanol–water partition coefficient (Wildman–Crippen LogP) is -1.78. The summed E-state index contributed by atoms with van der Waals surface area (Å²) in [6.45, 7) is 1.22. The summed E-state index contributed by atoms with van der Waals surface area (Å²) < 4.78 is 0. The SMILES string of the molecule is CC(O)C(N)C(=O)c1c(O)ccc(CC(N)C(=O)O)c1C(=O)C(N)CC(=O)O. The molecule has 1 aromatic carbocycles. The van der Waals surface area contributed by atoms with Crippen molar-refractivity contribution in [2.45, 2.75) is 44.0 Å². The second-order valence-electron chi connectivity index (χ2n) is 6.34. The van der Waals surface area contributed by atoms with E-state index in [1.165, 1.54) is 13.0 Å². The van der Waals surface area contributed by atoms with Gasteiger partial charge in [0.15, 0.2) is 11.6 Å². The minimum Gasteiger partial charge on any atom is -0.507 e. The molecule has 11 heteroatoms. The molecule has 10 N–H and O–H groups in total. The molecule has 0 amide bonds. The maximum Gasteiger partial charge on any atom is 0.320 e. The molecule has 0 aliphatic rings. The molecule has 28 heavy (non-hydrogen) atoms. The van der Waals surface area contributed by atoms with Gasteiger partial charge < -0.3 is 37.6 Å². The maximum absolute atomic E-state index is 12.8. The molecule has 154 valence electrons. The molecule has 4 unspecified atom stereocenters. The summed E-state index contributed by atoms with van der Waals surface area (Å²) in [6.07, 6.45) is -2.50. The standard InChI is InChI=1S/C17H23N3O8/c1-6(21)14(20)16(26)13-10(22)3-2-7(4-9(19)17(27)28)12(13)15(25)8(18)5-11(23)24/h2-3,6,8-9,14,21-22H,4-5,18-20H2,1H3,(H,23,24)(H,27,28). The molecule has 0 saturated heterocycles. The third-order valence-electron chi connectivity index (χ3n) is 4.07. The van der Waals surface area contributed by atoms with Crippen LogP contribution < -0.4 is 17.2 Å². The number of hydrogen-bond acceptors (Lipinski definition) is 9. The Morgan fingerprint density at radius 2 is 1.54 bits per heavy atom. The number of aromatic hydroxyl groups is 1. The highest BCUT2D eigenvalue weighted by atomic mass is 16.4. The van der Waals surface area contributed by atoms with Crippen LogP contribution in [-0.4, -0.2) is 68.2 Å². The van der Waals surface area contributed by atoms with Gasteiger partial charge >= 0.3 is 11.9 Å². The summed E-state index contributed by atoms with van der Waals surface area (Å²) in [5.41, 5.74) is 15.7. The van der Waals surface area contributed by atoms with E-state index in [1.54, 1.807) is 0 Å². The highest BCUT2D eigenvalue weighted by Gasteiger charge is 2.33. The van der Waals surface area contributed by atoms with Crippen LogP contribution in [0.3, 0.4) is 0 Å². The first-order chi connectivity index (χ1) is 12.9. The van der Waals surface area contributed by atoms with E-state index in [1.807, 2.05) is 0 Å². The Morgan fingerprint density at radius 3 is 2.00 bits per heavy atom. The number of ketones is 2. The molecule has 0 fully saturated rings. The zero-order chi connectivity index (χ0) is 21.8. The van der Waals surface area contributed by atoms with Crippen LogP contribution in [0.2, 0.25) is 0 Å². The van der Waals surface area contributed by atoms with E-state index in [0.29, 0.717) is 0 Å². The Bertz CT molecular complexity index is 793. The monoisotopic (exact) mass is 397 g/mol. The van der Waals surface area contributed by atoms with Crippen LogP contribution in [0.5, 0.6) is 5.75 Å². The minimum absolute atomic E-state index is 0.0281. The number of Topliss-reactive ketones (excluding diaryl/α,β-unsaturated/α-hetero) is 2. The quantitative estimate of drug-likeness (QED) is 0.218. The van der Waals surface area contributed by atoms with Crippen molar-refractivity contribution in [1.82, 2.24) is 0 Å². The largest absolute Gasteiger partial charge is 0.507 e. The summed E-state index contributed by atoms with van der Waals surface area (Å²) in [5, 5.41) is 37.6. The predicted molar refractivity (Wildman–Crippen MR) is 96.0 cm³/mol. The first kappa shape index (κ1) is 23.2. The smallest absolute Gasteiger partial charge is 0.320 e. The van der Waals surface area contributed by atoms with Crippen molar-refractivity contribution in [2.75, 3.05) is 0 Å². The number of rotatable bonds is 10. The normalized spacial score (nSPS) is 15.3. The molecule has 0 aliphatic carbocycles. The Balaban J connectivity index is 3.64. The molecule has 0 spiro atoms. The Labute approximate surface area is 159 Å². The number of hydrogen-bond donors (Lipinski definition) is 7. The molecular weight excluding hydrogens is 374 g/mol. The van der Waals surface area contributed by atoms with E-state index in [-0.39, 0.29) is 5.56 Å². The Hall–Kier alpha value is -2.86. The van der Waals surface area contributed by atoms with E-state index < -0.39 is 77.5 Å². The molecule has 0 aromatic heterocycles. The van der Waals surface area contributed by atoms with Gasteiger partial charge in [0.2, 0.25) is 0 Å². The van der Waals surface area contributed by atoms with Crippen molar-refractivity contribution < 1.29 is 39.6 Å². The van der Waals surface area contributed by atoms with Gasteiger partial charge in [-0.15, -0.1) is 0 Å². The third-order valence-corrected chi connectivity index (χ3v) is 4.07. The van der Waals surface area contributed by atoms with Gasteiger partial charge in [-0.3, -0.25) is 19.2 Å². The van der Waals surface area contributed by atoms with Gasteiger partial charge in [-0.05, 0) is 25.0 Å². The number of nitrogens with two attached hydrogens (primary N) is 3. The molecule has 0 aliphatic heterocycles. The van der Waals surface area contributed by atoms with Gasteiger partial charge in [-0.2, -0.15) is 0 Å². The molecule has 0 saturated carbocycles. The van der Waals surface area contributed by atoms with E-state index in [0.717, 1.165) is 6.07 Å². The maximum atomic E-state index is 12.8. The molecule has 0 radical (unpaired) electrons. The zero-order valence-electron chi connectivity index (χ0n) is 15.0. The van der Waals surface area contributed by atoms with Gasteiger partial charge in [0, 0.05) is 5.56 Å². The zero-order valence-corrected chi connectivity index (χ0v) is 15.0. The Morgan fingerprint density at radius 1 is 0.964 bits per heavy atom. The summed E-state index contributed by atoms with van der Waals surface area (Å²) >= 11 is 0. The van der Waals surface area contributed by atoms with Crippen molar-refractivity contribution in [3.05, 3.63) is 28.8 Å². The first-order valence-electron chi connectivity index (χ1n) is 8.21. The fourth-order valence-electron chi connectivity index (χ4n) is 2.51. The van der Waals surface area contributed by atoms with Crippen molar-refractivity contribution in [3.8, 4) is 5.75 Å². The van der Waals surface area contributed by atoms with Crippen LogP contribution in [0.1, 0.15) is 39.6 Å². The number of carbonyl (C=O) groups excluding carboxylic acids is 2. The van der Waals surface area contributed by atoms with Gasteiger partial charge in [0.25, 0.3) is 0 Å². The number of phenolic OH excluding ortho intramolecular Hbond substituents is 1. The van der Waals surface area contributed by atoms with Crippen molar-refractivity contribution >= 4 is 23.5 Å². The van der Waals surface area contributed by atoms with Crippen molar-refractivity contribution in [1.29, 1.82) is 0 Å². The highest BCUT2D eigenvalue weighted by molar-refractivity contribution is 6.15. The van der Waals surface area contributed by atoms with E-state index in [9.17, 15) is 29.4 Å². The number of carbonyl (C=O) groups is 4. The number of phenols is 1. The highest BCUT2D eigenvalue weighted by Crippen LogP contribution is 2.29. The van der Waals surface area contributed by atoms with Crippen LogP contribution in [0.25, 0.3) is 0 Å². The lowest BCUT2D eigenvalue weighted by Crippen LogP contribution is -2.42. The molecule has 0 bridgehead atoms. The summed E-state index contributed by atoms with van der Waals surface area (Å²) in [4.78, 5) is 47.4. The number of carboxylic acids is 2. The summed E-state index contributed by atoms with van der Waals surface area (Å²) in [6, 6.07) is -2.29. The summed E-state index contributed by atoms with van der Waals surface area (Å²) in [7, 11) is 0. The van der Waals surface area contributed by atoms with E-state index >= 15 is 0 Å². The topological polar surface area (TPSA) is 227 Å². The van der Waals surface area contributed by atoms with Gasteiger partial charge in [0.05, 0.1) is 30.2 Å². The molecule has 1 aromatic rings. The first-order valence-corrected chi connectivity index (χ1v) is 8.21. The average molecular weight is 397 g/mol. The van der Waals surface area contributed by atoms with E-state index in [2.05, 4.69) is 0 Å².